The van der Waals surface area contributed by atoms with Crippen LogP contribution in [0.15, 0.2) is 12.1 Å². The number of carboxylic acid groups (broad SMARTS) is 1. The fourth-order valence-electron chi connectivity index (χ4n) is 4.43. The number of amides is 1. The van der Waals surface area contributed by atoms with Gasteiger partial charge in [0.15, 0.2) is 0 Å². The fourth-order valence-corrected chi connectivity index (χ4v) is 4.43. The lowest BCUT2D eigenvalue weighted by Gasteiger charge is -2.28. The van der Waals surface area contributed by atoms with Crippen LogP contribution in [-0.2, 0) is 23.2 Å². The fraction of sp³-hybridized carbons (Fsp3) is 0.625. The molecule has 3 atom stereocenters. The molecule has 0 aliphatic heterocycles. The van der Waals surface area contributed by atoms with Crippen molar-refractivity contribution in [3.05, 3.63) is 23.5 Å². The summed E-state index contributed by atoms with van der Waals surface area (Å²) in [5.74, 6) is -0.165. The number of alkyl halides is 1. The van der Waals surface area contributed by atoms with Gasteiger partial charge in [-0.15, -0.1) is 5.10 Å². The average Bonchev–Trinajstić information content (AvgIpc) is 3.60. The van der Waals surface area contributed by atoms with E-state index in [9.17, 15) is 19.1 Å². The Bertz CT molecular complexity index is 1070. The molecule has 2 aliphatic rings. The van der Waals surface area contributed by atoms with Crippen LogP contribution in [-0.4, -0.2) is 67.9 Å². The molecule has 0 radical (unpaired) electrons. The number of hydrogen-bond acceptors (Lipinski definition) is 7. The first-order chi connectivity index (χ1) is 16.7. The van der Waals surface area contributed by atoms with Crippen molar-refractivity contribution in [1.82, 2.24) is 24.9 Å². The summed E-state index contributed by atoms with van der Waals surface area (Å²) in [6.45, 7) is 1.24. The van der Waals surface area contributed by atoms with Gasteiger partial charge < -0.3 is 19.5 Å². The molecular formula is C24H32FN5O5. The highest BCUT2D eigenvalue weighted by molar-refractivity contribution is 5.70. The molecule has 1 amide bonds. The third-order valence-electron chi connectivity index (χ3n) is 6.47. The maximum atomic E-state index is 13.2. The van der Waals surface area contributed by atoms with Crippen LogP contribution in [0, 0.1) is 5.92 Å². The highest BCUT2D eigenvalue weighted by Crippen LogP contribution is 2.44. The van der Waals surface area contributed by atoms with Crippen molar-refractivity contribution in [3.63, 3.8) is 0 Å². The topological polar surface area (TPSA) is 120 Å². The second-order valence-corrected chi connectivity index (χ2v) is 9.52. The maximum absolute atomic E-state index is 13.2. The minimum absolute atomic E-state index is 0.0582. The Hall–Kier alpha value is -3.24. The number of carbonyl (C=O) groups excluding carboxylic acids is 1. The lowest BCUT2D eigenvalue weighted by atomic mass is 9.87. The number of carbonyl (C=O) groups is 2. The second-order valence-electron chi connectivity index (χ2n) is 9.52. The summed E-state index contributed by atoms with van der Waals surface area (Å²) in [6.07, 6.45) is 2.92. The minimum atomic E-state index is -1.16. The van der Waals surface area contributed by atoms with E-state index in [1.165, 1.54) is 23.6 Å². The molecule has 2 aliphatic carbocycles. The number of nitrogens with zero attached hydrogens (tertiary/aromatic N) is 5. The first-order valence-electron chi connectivity index (χ1n) is 12.0. The Morgan fingerprint density at radius 2 is 2.06 bits per heavy atom. The van der Waals surface area contributed by atoms with Gasteiger partial charge in [0, 0.05) is 20.0 Å². The van der Waals surface area contributed by atoms with Gasteiger partial charge in [-0.3, -0.25) is 4.79 Å². The van der Waals surface area contributed by atoms with Crippen LogP contribution >= 0.6 is 0 Å². The van der Waals surface area contributed by atoms with E-state index in [1.807, 2.05) is 6.07 Å². The number of hydrogen-bond donors (Lipinski definition) is 1. The van der Waals surface area contributed by atoms with E-state index in [2.05, 4.69) is 10.3 Å². The molecule has 11 heteroatoms. The molecule has 10 nitrogen and oxygen atoms in total. The molecule has 2 fully saturated rings. The molecule has 2 saturated carbocycles. The Kier molecular flexibility index (Phi) is 7.51. The van der Waals surface area contributed by atoms with Crippen molar-refractivity contribution in [2.24, 2.45) is 13.0 Å². The number of ether oxygens (including phenoxy) is 2. The van der Waals surface area contributed by atoms with Crippen molar-refractivity contribution in [1.29, 1.82) is 0 Å². The molecule has 1 unspecified atom stereocenters. The molecule has 0 saturated heterocycles. The highest BCUT2D eigenvalue weighted by atomic mass is 19.1. The lowest BCUT2D eigenvalue weighted by Crippen LogP contribution is -2.32. The predicted octanol–water partition coefficient (Wildman–Crippen LogP) is 3.70. The van der Waals surface area contributed by atoms with Gasteiger partial charge in [-0.2, -0.15) is 0 Å². The van der Waals surface area contributed by atoms with E-state index in [-0.39, 0.29) is 31.1 Å². The van der Waals surface area contributed by atoms with Crippen LogP contribution in [0.2, 0.25) is 0 Å². The molecule has 0 bridgehead atoms. The van der Waals surface area contributed by atoms with Crippen LogP contribution in [0.4, 0.5) is 9.18 Å². The van der Waals surface area contributed by atoms with Gasteiger partial charge in [-0.25, -0.2) is 18.9 Å². The van der Waals surface area contributed by atoms with E-state index in [4.69, 9.17) is 14.5 Å². The summed E-state index contributed by atoms with van der Waals surface area (Å²) >= 11 is 0. The predicted molar refractivity (Wildman–Crippen MR) is 124 cm³/mol. The van der Waals surface area contributed by atoms with E-state index in [0.717, 1.165) is 31.4 Å². The van der Waals surface area contributed by atoms with Crippen LogP contribution in [0.5, 0.6) is 5.75 Å². The van der Waals surface area contributed by atoms with Gasteiger partial charge in [0.05, 0.1) is 30.0 Å². The summed E-state index contributed by atoms with van der Waals surface area (Å²) in [4.78, 5) is 29.6. The molecule has 2 aromatic heterocycles. The second kappa shape index (κ2) is 10.6. The smallest absolute Gasteiger partial charge is 0.409 e. The van der Waals surface area contributed by atoms with E-state index < -0.39 is 18.2 Å². The standard InChI is InChI=1S/C24H32FN5O5/c1-14(25)12-29(2)24(33)34-13-19-22(27-28-30(19)3)18-9-10-20(21(26-18)15-7-8-15)35-17-6-4-5-16(11-17)23(31)32/h9-10,14-17H,4-8,11-13H2,1-3H3,(H,31,32)/t14?,16-,17-/m0/s1. The molecule has 2 aromatic rings. The molecular weight excluding hydrogens is 457 g/mol. The van der Waals surface area contributed by atoms with E-state index >= 15 is 0 Å². The first kappa shape index (κ1) is 24.9. The summed E-state index contributed by atoms with van der Waals surface area (Å²) in [6, 6.07) is 3.66. The van der Waals surface area contributed by atoms with Crippen LogP contribution in [0.3, 0.4) is 0 Å². The quantitative estimate of drug-likeness (QED) is 0.566. The van der Waals surface area contributed by atoms with Crippen molar-refractivity contribution in [2.45, 2.75) is 70.2 Å². The van der Waals surface area contributed by atoms with E-state index in [1.54, 1.807) is 13.1 Å². The summed E-state index contributed by atoms with van der Waals surface area (Å²) in [5.41, 5.74) is 2.50. The number of pyridine rings is 1. The number of halogens is 1. The summed E-state index contributed by atoms with van der Waals surface area (Å²) in [7, 11) is 3.18. The normalized spacial score (nSPS) is 20.8. The van der Waals surface area contributed by atoms with Gasteiger partial charge >= 0.3 is 12.1 Å². The number of carboxylic acids is 1. The zero-order valence-corrected chi connectivity index (χ0v) is 20.3. The Morgan fingerprint density at radius 3 is 2.74 bits per heavy atom. The zero-order valence-electron chi connectivity index (χ0n) is 20.3. The monoisotopic (exact) mass is 489 g/mol. The lowest BCUT2D eigenvalue weighted by molar-refractivity contribution is -0.143. The van der Waals surface area contributed by atoms with Crippen LogP contribution in [0.1, 0.15) is 62.8 Å². The van der Waals surface area contributed by atoms with Crippen LogP contribution < -0.4 is 4.74 Å². The third kappa shape index (κ3) is 6.07. The Labute approximate surface area is 203 Å². The van der Waals surface area contributed by atoms with Gasteiger partial charge in [0.2, 0.25) is 0 Å². The van der Waals surface area contributed by atoms with Crippen molar-refractivity contribution >= 4 is 12.1 Å². The molecule has 4 rings (SSSR count). The van der Waals surface area contributed by atoms with Gasteiger partial charge in [0.1, 0.15) is 29.9 Å². The van der Waals surface area contributed by atoms with Crippen molar-refractivity contribution in [3.8, 4) is 17.1 Å². The van der Waals surface area contributed by atoms with Crippen molar-refractivity contribution < 1.29 is 28.6 Å². The average molecular weight is 490 g/mol. The molecule has 2 heterocycles. The SMILES string of the molecule is CC(F)CN(C)C(=O)OCc1c(-c2ccc(O[C@H]3CCC[C@H](C(=O)O)C3)c(C3CC3)n2)nnn1C. The van der Waals surface area contributed by atoms with Crippen LogP contribution in [0.25, 0.3) is 11.4 Å². The Morgan fingerprint density at radius 1 is 1.29 bits per heavy atom. The molecule has 190 valence electrons. The van der Waals surface area contributed by atoms with E-state index in [0.29, 0.717) is 35.7 Å². The highest BCUT2D eigenvalue weighted by Gasteiger charge is 2.33. The molecule has 0 aromatic carbocycles. The summed E-state index contributed by atoms with van der Waals surface area (Å²) < 4.78 is 26.3. The molecule has 1 N–H and O–H groups in total. The Balaban J connectivity index is 1.51. The number of aromatic nitrogens is 4. The third-order valence-corrected chi connectivity index (χ3v) is 6.47. The number of rotatable bonds is 9. The minimum Gasteiger partial charge on any atom is -0.488 e. The maximum Gasteiger partial charge on any atom is 0.409 e. The molecule has 35 heavy (non-hydrogen) atoms. The van der Waals surface area contributed by atoms with Gasteiger partial charge in [-0.1, -0.05) is 5.21 Å². The van der Waals surface area contributed by atoms with Crippen molar-refractivity contribution in [2.75, 3.05) is 13.6 Å². The van der Waals surface area contributed by atoms with Gasteiger partial charge in [-0.05, 0) is 57.6 Å². The first-order valence-corrected chi connectivity index (χ1v) is 12.0. The number of aryl methyl sites for hydroxylation is 1. The largest absolute Gasteiger partial charge is 0.488 e. The van der Waals surface area contributed by atoms with Gasteiger partial charge in [0.25, 0.3) is 0 Å². The zero-order chi connectivity index (χ0) is 25.1. The summed E-state index contributed by atoms with van der Waals surface area (Å²) in [5, 5.41) is 17.7. The number of aliphatic carboxylic acids is 1. The molecule has 0 spiro atoms.